The van der Waals surface area contributed by atoms with Gasteiger partial charge >= 0.3 is 5.97 Å². The van der Waals surface area contributed by atoms with E-state index in [2.05, 4.69) is 21.2 Å². The number of nitrogens with one attached hydrogen (secondary N) is 1. The van der Waals surface area contributed by atoms with Crippen LogP contribution in [0.2, 0.25) is 10.0 Å². The summed E-state index contributed by atoms with van der Waals surface area (Å²) in [7, 11) is 0. The Morgan fingerprint density at radius 2 is 1.95 bits per heavy atom. The fraction of sp³-hybridized carbons (Fsp3) is 0.154. The van der Waals surface area contributed by atoms with Crippen molar-refractivity contribution in [2.75, 3.05) is 5.32 Å². The number of hydrogen-bond acceptors (Lipinski definition) is 3. The summed E-state index contributed by atoms with van der Waals surface area (Å²) in [4.78, 5) is 10.9. The van der Waals surface area contributed by atoms with Crippen LogP contribution >= 0.6 is 39.1 Å². The predicted octanol–water partition coefficient (Wildman–Crippen LogP) is 4.97. The number of anilines is 1. The van der Waals surface area contributed by atoms with Crippen molar-refractivity contribution in [1.29, 1.82) is 0 Å². The fourth-order valence-corrected chi connectivity index (χ4v) is 3.07. The van der Waals surface area contributed by atoms with E-state index in [1.54, 1.807) is 19.1 Å². The van der Waals surface area contributed by atoms with Gasteiger partial charge < -0.3 is 14.8 Å². The Hall–Kier alpha value is -1.17. The molecule has 2 N–H and O–H groups in total. The maximum absolute atomic E-state index is 10.9. The lowest BCUT2D eigenvalue weighted by Crippen LogP contribution is -2.00. The minimum atomic E-state index is -1.02. The lowest BCUT2D eigenvalue weighted by Gasteiger charge is -2.09. The van der Waals surface area contributed by atoms with Gasteiger partial charge in [0, 0.05) is 4.47 Å². The highest BCUT2D eigenvalue weighted by Crippen LogP contribution is 2.34. The van der Waals surface area contributed by atoms with Crippen molar-refractivity contribution in [2.24, 2.45) is 0 Å². The molecule has 0 aliphatic rings. The van der Waals surface area contributed by atoms with E-state index in [1.165, 1.54) is 6.07 Å². The van der Waals surface area contributed by atoms with Crippen LogP contribution in [0.4, 0.5) is 5.69 Å². The van der Waals surface area contributed by atoms with Gasteiger partial charge in [0.15, 0.2) is 0 Å². The molecule has 7 heteroatoms. The third kappa shape index (κ3) is 3.29. The van der Waals surface area contributed by atoms with Crippen LogP contribution in [0.15, 0.2) is 27.1 Å². The zero-order valence-electron chi connectivity index (χ0n) is 10.3. The molecular weight excluding hydrogens is 369 g/mol. The second-order valence-corrected chi connectivity index (χ2v) is 5.82. The van der Waals surface area contributed by atoms with Gasteiger partial charge in [-0.2, -0.15) is 0 Å². The van der Waals surface area contributed by atoms with E-state index >= 15 is 0 Å². The standard InChI is InChI=1S/C13H10BrCl2NO3/c1-6-9(13(18)19)4-8(20-6)5-17-12-10(15)2-7(14)3-11(12)16/h2-4,17H,5H2,1H3,(H,18,19). The van der Waals surface area contributed by atoms with Crippen LogP contribution < -0.4 is 5.32 Å². The van der Waals surface area contributed by atoms with E-state index in [0.717, 1.165) is 4.47 Å². The molecule has 1 aromatic carbocycles. The summed E-state index contributed by atoms with van der Waals surface area (Å²) in [6.07, 6.45) is 0. The van der Waals surface area contributed by atoms with Crippen molar-refractivity contribution in [3.63, 3.8) is 0 Å². The maximum Gasteiger partial charge on any atom is 0.339 e. The van der Waals surface area contributed by atoms with Crippen LogP contribution in [0.1, 0.15) is 21.9 Å². The zero-order chi connectivity index (χ0) is 14.9. The Morgan fingerprint density at radius 1 is 1.35 bits per heavy atom. The van der Waals surface area contributed by atoms with Gasteiger partial charge in [0.2, 0.25) is 0 Å². The summed E-state index contributed by atoms with van der Waals surface area (Å²) in [5.74, 6) is -0.158. The molecule has 0 aliphatic carbocycles. The van der Waals surface area contributed by atoms with Gasteiger partial charge in [-0.05, 0) is 25.1 Å². The molecular formula is C13H10BrCl2NO3. The Kier molecular flexibility index (Phi) is 4.62. The van der Waals surface area contributed by atoms with E-state index in [9.17, 15) is 4.79 Å². The van der Waals surface area contributed by atoms with Crippen LogP contribution in [0.3, 0.4) is 0 Å². The molecule has 0 unspecified atom stereocenters. The molecule has 0 aliphatic heterocycles. The third-order valence-electron chi connectivity index (χ3n) is 2.65. The van der Waals surface area contributed by atoms with E-state index in [1.807, 2.05) is 0 Å². The molecule has 0 amide bonds. The quantitative estimate of drug-likeness (QED) is 0.788. The molecule has 106 valence electrons. The van der Waals surface area contributed by atoms with Gasteiger partial charge in [0.05, 0.1) is 22.3 Å². The minimum Gasteiger partial charge on any atom is -0.478 e. The molecule has 0 saturated heterocycles. The Morgan fingerprint density at radius 3 is 2.45 bits per heavy atom. The van der Waals surface area contributed by atoms with Crippen LogP contribution in [0.5, 0.6) is 0 Å². The molecule has 0 radical (unpaired) electrons. The first-order chi connectivity index (χ1) is 9.38. The van der Waals surface area contributed by atoms with E-state index < -0.39 is 5.97 Å². The lowest BCUT2D eigenvalue weighted by molar-refractivity contribution is 0.0695. The Labute approximate surface area is 133 Å². The van der Waals surface area contributed by atoms with Crippen molar-refractivity contribution in [3.05, 3.63) is 49.8 Å². The second-order valence-electron chi connectivity index (χ2n) is 4.09. The molecule has 0 saturated carbocycles. The molecule has 0 atom stereocenters. The molecule has 4 nitrogen and oxygen atoms in total. The molecule has 1 aromatic heterocycles. The van der Waals surface area contributed by atoms with Crippen LogP contribution in [-0.4, -0.2) is 11.1 Å². The van der Waals surface area contributed by atoms with Crippen LogP contribution in [0.25, 0.3) is 0 Å². The molecule has 2 rings (SSSR count). The molecule has 0 fully saturated rings. The number of carboxylic acids is 1. The van der Waals surface area contributed by atoms with Crippen molar-refractivity contribution < 1.29 is 14.3 Å². The smallest absolute Gasteiger partial charge is 0.339 e. The summed E-state index contributed by atoms with van der Waals surface area (Å²) in [5, 5.41) is 12.9. The van der Waals surface area contributed by atoms with Gasteiger partial charge in [-0.25, -0.2) is 4.79 Å². The van der Waals surface area contributed by atoms with E-state index in [-0.39, 0.29) is 12.1 Å². The first-order valence-corrected chi connectivity index (χ1v) is 7.14. The van der Waals surface area contributed by atoms with Crippen molar-refractivity contribution in [2.45, 2.75) is 13.5 Å². The summed E-state index contributed by atoms with van der Waals surface area (Å²) in [6.45, 7) is 1.89. The largest absolute Gasteiger partial charge is 0.478 e. The minimum absolute atomic E-state index is 0.148. The Balaban J connectivity index is 2.17. The third-order valence-corrected chi connectivity index (χ3v) is 3.70. The molecule has 1 heterocycles. The summed E-state index contributed by atoms with van der Waals surface area (Å²) < 4.78 is 6.14. The highest BCUT2D eigenvalue weighted by molar-refractivity contribution is 9.10. The number of benzene rings is 1. The van der Waals surface area contributed by atoms with Gasteiger partial charge in [-0.3, -0.25) is 0 Å². The SMILES string of the molecule is Cc1oc(CNc2c(Cl)cc(Br)cc2Cl)cc1C(=O)O. The van der Waals surface area contributed by atoms with E-state index in [4.69, 9.17) is 32.7 Å². The monoisotopic (exact) mass is 377 g/mol. The van der Waals surface area contributed by atoms with Gasteiger partial charge in [-0.15, -0.1) is 0 Å². The molecule has 0 spiro atoms. The predicted molar refractivity (Wildman–Crippen MR) is 81.9 cm³/mol. The number of carbonyl (C=O) groups is 1. The summed E-state index contributed by atoms with van der Waals surface area (Å²) >= 11 is 15.5. The van der Waals surface area contributed by atoms with Gasteiger partial charge in [-0.1, -0.05) is 39.1 Å². The first kappa shape index (κ1) is 15.2. The van der Waals surface area contributed by atoms with Gasteiger partial charge in [0.25, 0.3) is 0 Å². The molecule has 2 aromatic rings. The van der Waals surface area contributed by atoms with E-state index in [0.29, 0.717) is 27.3 Å². The number of rotatable bonds is 4. The fourth-order valence-electron chi connectivity index (χ4n) is 1.73. The molecule has 0 bridgehead atoms. The van der Waals surface area contributed by atoms with Crippen LogP contribution in [-0.2, 0) is 6.54 Å². The van der Waals surface area contributed by atoms with Crippen molar-refractivity contribution >= 4 is 50.8 Å². The second kappa shape index (κ2) is 6.08. The number of carboxylic acid groups (broad SMARTS) is 1. The number of hydrogen-bond donors (Lipinski definition) is 2. The zero-order valence-corrected chi connectivity index (χ0v) is 13.4. The first-order valence-electron chi connectivity index (χ1n) is 5.59. The lowest BCUT2D eigenvalue weighted by atomic mass is 10.2. The number of aromatic carboxylic acids is 1. The number of aryl methyl sites for hydroxylation is 1. The molecule has 20 heavy (non-hydrogen) atoms. The average Bonchev–Trinajstić information content (AvgIpc) is 2.69. The normalized spacial score (nSPS) is 10.6. The van der Waals surface area contributed by atoms with Crippen molar-refractivity contribution in [1.82, 2.24) is 0 Å². The highest BCUT2D eigenvalue weighted by Gasteiger charge is 2.14. The number of furan rings is 1. The number of halogens is 3. The Bertz CT molecular complexity index is 647. The summed E-state index contributed by atoms with van der Waals surface area (Å²) in [5.41, 5.74) is 0.720. The van der Waals surface area contributed by atoms with Crippen molar-refractivity contribution in [3.8, 4) is 0 Å². The van der Waals surface area contributed by atoms with Gasteiger partial charge in [0.1, 0.15) is 17.1 Å². The summed E-state index contributed by atoms with van der Waals surface area (Å²) in [6, 6.07) is 4.91. The average molecular weight is 379 g/mol. The topological polar surface area (TPSA) is 62.5 Å². The van der Waals surface area contributed by atoms with Crippen LogP contribution in [0, 0.1) is 6.92 Å². The maximum atomic E-state index is 10.9. The highest BCUT2D eigenvalue weighted by atomic mass is 79.9.